The Labute approximate surface area is 223 Å². The van der Waals surface area contributed by atoms with Crippen molar-refractivity contribution >= 4 is 43.0 Å². The van der Waals surface area contributed by atoms with Crippen LogP contribution in [0.2, 0.25) is 23.2 Å². The number of carbonyl (C=O) groups excluding carboxylic acids is 1. The van der Waals surface area contributed by atoms with Gasteiger partial charge < -0.3 is 19.0 Å². The smallest absolute Gasteiger partial charge is 0.407 e. The molecule has 1 aliphatic rings. The van der Waals surface area contributed by atoms with E-state index in [0.29, 0.717) is 22.7 Å². The number of pyridine rings is 1. The Hall–Kier alpha value is -2.75. The number of Topliss-reactive ketones (excluding diaryl/α,β-unsaturated/α-hetero) is 1. The van der Waals surface area contributed by atoms with E-state index in [2.05, 4.69) is 43.8 Å². The van der Waals surface area contributed by atoms with E-state index < -0.39 is 20.5 Å². The van der Waals surface area contributed by atoms with Crippen molar-refractivity contribution in [3.8, 4) is 11.1 Å². The van der Waals surface area contributed by atoms with Crippen LogP contribution in [0.25, 0.3) is 22.3 Å². The lowest BCUT2D eigenvalue weighted by molar-refractivity contribution is -0.122. The number of hydrogen-bond donors (Lipinski definition) is 1. The molecule has 8 nitrogen and oxygen atoms in total. The topological polar surface area (TPSA) is 97.6 Å². The van der Waals surface area contributed by atoms with Gasteiger partial charge in [-0.05, 0) is 54.7 Å². The van der Waals surface area contributed by atoms with Crippen molar-refractivity contribution in [2.24, 2.45) is 0 Å². The predicted molar refractivity (Wildman–Crippen MR) is 147 cm³/mol. The summed E-state index contributed by atoms with van der Waals surface area (Å²) in [5.74, 6) is -0.0815. The van der Waals surface area contributed by atoms with E-state index in [4.69, 9.17) is 16.0 Å². The number of fused-ring (bicyclic) bond motifs is 1. The van der Waals surface area contributed by atoms with Gasteiger partial charge in [-0.3, -0.25) is 4.79 Å². The number of halogens is 1. The fourth-order valence-corrected chi connectivity index (χ4v) is 6.15. The Morgan fingerprint density at radius 2 is 1.95 bits per heavy atom. The maximum atomic E-state index is 13.3. The summed E-state index contributed by atoms with van der Waals surface area (Å²) in [5.41, 5.74) is 3.10. The molecule has 0 spiro atoms. The van der Waals surface area contributed by atoms with E-state index >= 15 is 0 Å². The molecule has 37 heavy (non-hydrogen) atoms. The maximum Gasteiger partial charge on any atom is 0.407 e. The van der Waals surface area contributed by atoms with Crippen molar-refractivity contribution in [2.75, 3.05) is 6.54 Å². The van der Waals surface area contributed by atoms with Gasteiger partial charge >= 0.3 is 6.09 Å². The standard InChI is InChI=1S/C27H35ClN4O4Si/c1-27(2,3)37(4,5)36-24-10-7-11-32(26(34)35)23(24)14-21(33)16-31-17-30-22-13-19(15-29-25(22)31)18-8-6-9-20(28)12-18/h6,8-9,12-13,15,17,23-24H,7,10-11,14,16H2,1-5H3,(H,34,35)/t23-,24+/m1/s1. The number of benzene rings is 1. The first-order chi connectivity index (χ1) is 17.4. The molecule has 0 bridgehead atoms. The third-order valence-corrected chi connectivity index (χ3v) is 12.4. The third-order valence-electron chi connectivity index (χ3n) is 7.61. The number of carbonyl (C=O) groups is 2. The first-order valence-corrected chi connectivity index (χ1v) is 15.9. The number of rotatable bonds is 7. The summed E-state index contributed by atoms with van der Waals surface area (Å²) in [6.45, 7) is 11.3. The first-order valence-electron chi connectivity index (χ1n) is 12.6. The van der Waals surface area contributed by atoms with Crippen LogP contribution in [0.5, 0.6) is 0 Å². The van der Waals surface area contributed by atoms with Crippen LogP contribution in [0.4, 0.5) is 4.79 Å². The number of imidazole rings is 1. The molecule has 1 fully saturated rings. The highest BCUT2D eigenvalue weighted by atomic mass is 35.5. The molecule has 10 heteroatoms. The Morgan fingerprint density at radius 3 is 2.62 bits per heavy atom. The minimum atomic E-state index is -2.15. The summed E-state index contributed by atoms with van der Waals surface area (Å²) in [6, 6.07) is 8.93. The number of carboxylic acid groups (broad SMARTS) is 1. The van der Waals surface area contributed by atoms with Crippen LogP contribution in [0.1, 0.15) is 40.0 Å². The molecule has 0 unspecified atom stereocenters. The van der Waals surface area contributed by atoms with Crippen molar-refractivity contribution in [1.82, 2.24) is 19.4 Å². The minimum absolute atomic E-state index is 0.0155. The van der Waals surface area contributed by atoms with Gasteiger partial charge in [0.1, 0.15) is 5.52 Å². The van der Waals surface area contributed by atoms with Gasteiger partial charge in [0.25, 0.3) is 0 Å². The normalized spacial score (nSPS) is 18.8. The number of hydrogen-bond acceptors (Lipinski definition) is 5. The van der Waals surface area contributed by atoms with E-state index in [1.807, 2.05) is 30.3 Å². The Kier molecular flexibility index (Phi) is 7.78. The number of ketones is 1. The van der Waals surface area contributed by atoms with Crippen LogP contribution >= 0.6 is 11.6 Å². The van der Waals surface area contributed by atoms with E-state index in [9.17, 15) is 14.7 Å². The molecule has 0 aliphatic carbocycles. The Balaban J connectivity index is 1.52. The monoisotopic (exact) mass is 542 g/mol. The second kappa shape index (κ2) is 10.5. The number of amides is 1. The molecule has 1 aromatic carbocycles. The second-order valence-electron chi connectivity index (χ2n) is 11.3. The van der Waals surface area contributed by atoms with Crippen LogP contribution in [0.3, 0.4) is 0 Å². The van der Waals surface area contributed by atoms with Crippen molar-refractivity contribution < 1.29 is 19.1 Å². The summed E-state index contributed by atoms with van der Waals surface area (Å²) in [6.07, 6.45) is 3.60. The van der Waals surface area contributed by atoms with E-state index in [1.165, 1.54) is 4.90 Å². The van der Waals surface area contributed by atoms with Crippen LogP contribution in [0, 0.1) is 0 Å². The highest BCUT2D eigenvalue weighted by molar-refractivity contribution is 6.74. The molecular formula is C27H35ClN4O4Si. The van der Waals surface area contributed by atoms with E-state index in [0.717, 1.165) is 24.0 Å². The minimum Gasteiger partial charge on any atom is -0.465 e. The third kappa shape index (κ3) is 6.05. The highest BCUT2D eigenvalue weighted by Crippen LogP contribution is 2.39. The Bertz CT molecular complexity index is 1300. The molecule has 1 N–H and O–H groups in total. The average Bonchev–Trinajstić information content (AvgIpc) is 3.21. The SMILES string of the molecule is CC(C)(C)[Si](C)(C)O[C@H]1CCCN(C(=O)O)[C@@H]1CC(=O)Cn1cnc2cc(-c3cccc(Cl)c3)cnc21. The summed E-state index contributed by atoms with van der Waals surface area (Å²) in [5, 5.41) is 10.5. The van der Waals surface area contributed by atoms with Crippen molar-refractivity contribution in [3.05, 3.63) is 47.9 Å². The maximum absolute atomic E-state index is 13.3. The Morgan fingerprint density at radius 1 is 1.19 bits per heavy atom. The zero-order chi connectivity index (χ0) is 27.0. The van der Waals surface area contributed by atoms with E-state index in [1.54, 1.807) is 17.1 Å². The average molecular weight is 543 g/mol. The zero-order valence-electron chi connectivity index (χ0n) is 22.1. The molecule has 2 aromatic heterocycles. The van der Waals surface area contributed by atoms with Gasteiger partial charge in [0.15, 0.2) is 19.7 Å². The molecule has 0 saturated carbocycles. The largest absolute Gasteiger partial charge is 0.465 e. The molecule has 2 atom stereocenters. The van der Waals surface area contributed by atoms with E-state index in [-0.39, 0.29) is 29.9 Å². The zero-order valence-corrected chi connectivity index (χ0v) is 23.8. The number of likely N-dealkylation sites (tertiary alicyclic amines) is 1. The van der Waals surface area contributed by atoms with Gasteiger partial charge in [-0.25, -0.2) is 14.8 Å². The fraction of sp³-hybridized carbons (Fsp3) is 0.481. The molecule has 1 saturated heterocycles. The lowest BCUT2D eigenvalue weighted by Gasteiger charge is -2.45. The van der Waals surface area contributed by atoms with Crippen LogP contribution in [0.15, 0.2) is 42.9 Å². The molecule has 198 valence electrons. The van der Waals surface area contributed by atoms with Gasteiger partial charge in [0.2, 0.25) is 0 Å². The molecule has 1 amide bonds. The van der Waals surface area contributed by atoms with Crippen molar-refractivity contribution in [1.29, 1.82) is 0 Å². The van der Waals surface area contributed by atoms with Gasteiger partial charge in [0.05, 0.1) is 25.0 Å². The molecule has 3 heterocycles. The summed E-state index contributed by atoms with van der Waals surface area (Å²) >= 11 is 6.13. The molecule has 4 rings (SSSR count). The number of piperidine rings is 1. The molecular weight excluding hydrogens is 508 g/mol. The lowest BCUT2D eigenvalue weighted by atomic mass is 9.95. The fourth-order valence-electron chi connectivity index (χ4n) is 4.57. The predicted octanol–water partition coefficient (Wildman–Crippen LogP) is 6.24. The van der Waals surface area contributed by atoms with Crippen molar-refractivity contribution in [3.63, 3.8) is 0 Å². The van der Waals surface area contributed by atoms with Gasteiger partial charge in [0, 0.05) is 29.7 Å². The summed E-state index contributed by atoms with van der Waals surface area (Å²) < 4.78 is 8.37. The molecule has 3 aromatic rings. The van der Waals surface area contributed by atoms with Crippen LogP contribution in [-0.4, -0.2) is 63.4 Å². The molecule has 0 radical (unpaired) electrons. The van der Waals surface area contributed by atoms with Crippen LogP contribution in [-0.2, 0) is 15.8 Å². The van der Waals surface area contributed by atoms with Gasteiger partial charge in [-0.2, -0.15) is 0 Å². The second-order valence-corrected chi connectivity index (χ2v) is 16.5. The number of aromatic nitrogens is 3. The summed E-state index contributed by atoms with van der Waals surface area (Å²) in [4.78, 5) is 35.7. The quantitative estimate of drug-likeness (QED) is 0.355. The first kappa shape index (κ1) is 27.3. The van der Waals surface area contributed by atoms with Gasteiger partial charge in [-0.1, -0.05) is 44.5 Å². The number of nitrogens with zero attached hydrogens (tertiary/aromatic N) is 4. The lowest BCUT2D eigenvalue weighted by Crippen LogP contribution is -2.56. The molecule has 1 aliphatic heterocycles. The van der Waals surface area contributed by atoms with Crippen LogP contribution < -0.4 is 0 Å². The van der Waals surface area contributed by atoms with Crippen molar-refractivity contribution in [2.45, 2.75) is 76.9 Å². The summed E-state index contributed by atoms with van der Waals surface area (Å²) in [7, 11) is -2.15. The highest BCUT2D eigenvalue weighted by Gasteiger charge is 2.44. The van der Waals surface area contributed by atoms with Gasteiger partial charge in [-0.15, -0.1) is 0 Å².